The van der Waals surface area contributed by atoms with Crippen molar-refractivity contribution in [2.45, 2.75) is 19.9 Å². The van der Waals surface area contributed by atoms with E-state index < -0.39 is 0 Å². The molecule has 1 aliphatic rings. The normalized spacial score (nSPS) is 15.4. The lowest BCUT2D eigenvalue weighted by Gasteiger charge is -2.34. The standard InChI is InChI=1S/C24H29ClN4O2/c1-19(30)23-18-29(24-22(23)4-2-9-26-24)11-3-10-27-12-14-28(15-13-27)16-17-31-21-7-5-20(25)6-8-21/h2,4-9,18H,3,10-17H2,1H3. The van der Waals surface area contributed by atoms with Crippen LogP contribution in [0.1, 0.15) is 23.7 Å². The molecule has 3 aromatic rings. The number of halogens is 1. The minimum absolute atomic E-state index is 0.0907. The molecule has 3 heterocycles. The molecule has 0 saturated carbocycles. The summed E-state index contributed by atoms with van der Waals surface area (Å²) in [5.74, 6) is 0.955. The Kier molecular flexibility index (Phi) is 7.22. The molecule has 0 amide bonds. The number of aryl methyl sites for hydroxylation is 1. The minimum Gasteiger partial charge on any atom is -0.492 e. The van der Waals surface area contributed by atoms with Crippen LogP contribution >= 0.6 is 11.6 Å². The fourth-order valence-electron chi connectivity index (χ4n) is 4.10. The first-order valence-electron chi connectivity index (χ1n) is 10.9. The summed E-state index contributed by atoms with van der Waals surface area (Å²) in [6, 6.07) is 11.4. The average Bonchev–Trinajstić information content (AvgIpc) is 3.15. The van der Waals surface area contributed by atoms with Crippen molar-refractivity contribution in [3.05, 3.63) is 59.4 Å². The molecule has 0 aliphatic carbocycles. The van der Waals surface area contributed by atoms with Crippen LogP contribution in [-0.4, -0.2) is 71.0 Å². The van der Waals surface area contributed by atoms with E-state index in [1.165, 1.54) is 0 Å². The van der Waals surface area contributed by atoms with Gasteiger partial charge in [-0.15, -0.1) is 0 Å². The van der Waals surface area contributed by atoms with Crippen molar-refractivity contribution in [3.8, 4) is 5.75 Å². The van der Waals surface area contributed by atoms with Crippen LogP contribution in [0.5, 0.6) is 5.75 Å². The van der Waals surface area contributed by atoms with Crippen LogP contribution in [0.15, 0.2) is 48.8 Å². The maximum absolute atomic E-state index is 11.9. The van der Waals surface area contributed by atoms with Gasteiger partial charge in [-0.05, 0) is 56.3 Å². The Hall–Kier alpha value is -2.41. The van der Waals surface area contributed by atoms with Crippen molar-refractivity contribution in [2.24, 2.45) is 0 Å². The molecule has 0 spiro atoms. The zero-order chi connectivity index (χ0) is 21.6. The minimum atomic E-state index is 0.0907. The van der Waals surface area contributed by atoms with Gasteiger partial charge in [0, 0.05) is 67.6 Å². The summed E-state index contributed by atoms with van der Waals surface area (Å²) in [7, 11) is 0. The molecule has 1 saturated heterocycles. The van der Waals surface area contributed by atoms with E-state index in [4.69, 9.17) is 16.3 Å². The van der Waals surface area contributed by atoms with Crippen LogP contribution in [0.3, 0.4) is 0 Å². The molecule has 0 atom stereocenters. The quantitative estimate of drug-likeness (QED) is 0.471. The predicted octanol–water partition coefficient (Wildman–Crippen LogP) is 3.98. The number of aromatic nitrogens is 2. The summed E-state index contributed by atoms with van der Waals surface area (Å²) in [5.41, 5.74) is 1.66. The number of ether oxygens (including phenoxy) is 1. The van der Waals surface area contributed by atoms with E-state index >= 15 is 0 Å². The summed E-state index contributed by atoms with van der Waals surface area (Å²) in [4.78, 5) is 21.4. The van der Waals surface area contributed by atoms with Crippen molar-refractivity contribution in [2.75, 3.05) is 45.9 Å². The molecule has 4 rings (SSSR count). The SMILES string of the molecule is CC(=O)c1cn(CCCN2CCN(CCOc3ccc(Cl)cc3)CC2)c2ncccc12. The molecule has 164 valence electrons. The van der Waals surface area contributed by atoms with Crippen LogP contribution in [0.2, 0.25) is 5.02 Å². The van der Waals surface area contributed by atoms with Gasteiger partial charge in [-0.1, -0.05) is 11.6 Å². The summed E-state index contributed by atoms with van der Waals surface area (Å²) < 4.78 is 7.93. The van der Waals surface area contributed by atoms with Gasteiger partial charge in [0.25, 0.3) is 0 Å². The molecule has 0 radical (unpaired) electrons. The second-order valence-corrected chi connectivity index (χ2v) is 8.44. The van der Waals surface area contributed by atoms with E-state index in [1.54, 1.807) is 13.1 Å². The highest BCUT2D eigenvalue weighted by atomic mass is 35.5. The van der Waals surface area contributed by atoms with E-state index in [-0.39, 0.29) is 5.78 Å². The Labute approximate surface area is 188 Å². The number of rotatable bonds is 9. The number of benzene rings is 1. The fourth-order valence-corrected chi connectivity index (χ4v) is 4.22. The first-order chi connectivity index (χ1) is 15.1. The van der Waals surface area contributed by atoms with Gasteiger partial charge in [0.1, 0.15) is 18.0 Å². The van der Waals surface area contributed by atoms with Crippen LogP contribution in [0, 0.1) is 0 Å². The lowest BCUT2D eigenvalue weighted by Crippen LogP contribution is -2.47. The number of ketones is 1. The third kappa shape index (κ3) is 5.64. The number of carbonyl (C=O) groups excluding carboxylic acids is 1. The van der Waals surface area contributed by atoms with Gasteiger partial charge in [-0.25, -0.2) is 4.98 Å². The number of carbonyl (C=O) groups is 1. The van der Waals surface area contributed by atoms with Gasteiger partial charge in [0.2, 0.25) is 0 Å². The Morgan fingerprint density at radius 3 is 2.45 bits per heavy atom. The second kappa shape index (κ2) is 10.3. The predicted molar refractivity (Wildman–Crippen MR) is 124 cm³/mol. The fraction of sp³-hybridized carbons (Fsp3) is 0.417. The van der Waals surface area contributed by atoms with Gasteiger partial charge in [0.15, 0.2) is 5.78 Å². The molecule has 0 bridgehead atoms. The largest absolute Gasteiger partial charge is 0.492 e. The highest BCUT2D eigenvalue weighted by molar-refractivity contribution is 6.30. The molecular weight excluding hydrogens is 412 g/mol. The topological polar surface area (TPSA) is 50.6 Å². The van der Waals surface area contributed by atoms with Crippen molar-refractivity contribution >= 4 is 28.4 Å². The van der Waals surface area contributed by atoms with Crippen LogP contribution in [-0.2, 0) is 6.54 Å². The van der Waals surface area contributed by atoms with Gasteiger partial charge in [-0.3, -0.25) is 9.69 Å². The van der Waals surface area contributed by atoms with E-state index in [2.05, 4.69) is 19.4 Å². The Morgan fingerprint density at radius 1 is 1.03 bits per heavy atom. The van der Waals surface area contributed by atoms with Crippen LogP contribution in [0.25, 0.3) is 11.0 Å². The molecule has 0 N–H and O–H groups in total. The van der Waals surface area contributed by atoms with E-state index in [0.29, 0.717) is 6.61 Å². The summed E-state index contributed by atoms with van der Waals surface area (Å²) in [6.45, 7) is 9.44. The Balaban J connectivity index is 1.18. The van der Waals surface area contributed by atoms with Crippen LogP contribution < -0.4 is 4.74 Å². The lowest BCUT2D eigenvalue weighted by molar-refractivity contribution is 0.101. The van der Waals surface area contributed by atoms with Crippen molar-refractivity contribution in [1.29, 1.82) is 0 Å². The number of pyridine rings is 1. The number of nitrogens with zero attached hydrogens (tertiary/aromatic N) is 4. The molecule has 1 aliphatic heterocycles. The third-order valence-electron chi connectivity index (χ3n) is 5.84. The average molecular weight is 441 g/mol. The zero-order valence-corrected chi connectivity index (χ0v) is 18.7. The zero-order valence-electron chi connectivity index (χ0n) is 18.0. The first kappa shape index (κ1) is 21.8. The molecule has 7 heteroatoms. The second-order valence-electron chi connectivity index (χ2n) is 8.01. The van der Waals surface area contributed by atoms with Gasteiger partial charge in [0.05, 0.1) is 0 Å². The number of piperazine rings is 1. The monoisotopic (exact) mass is 440 g/mol. The van der Waals surface area contributed by atoms with Crippen LogP contribution in [0.4, 0.5) is 0 Å². The lowest BCUT2D eigenvalue weighted by atomic mass is 10.2. The highest BCUT2D eigenvalue weighted by Gasteiger charge is 2.17. The summed E-state index contributed by atoms with van der Waals surface area (Å²) in [5, 5.41) is 1.67. The molecule has 6 nitrogen and oxygen atoms in total. The molecule has 0 unspecified atom stereocenters. The molecule has 31 heavy (non-hydrogen) atoms. The molecule has 1 fully saturated rings. The summed E-state index contributed by atoms with van der Waals surface area (Å²) in [6.07, 6.45) is 4.79. The van der Waals surface area contributed by atoms with E-state index in [0.717, 1.165) is 79.6 Å². The van der Waals surface area contributed by atoms with Gasteiger partial charge in [-0.2, -0.15) is 0 Å². The van der Waals surface area contributed by atoms with E-state index in [9.17, 15) is 4.79 Å². The summed E-state index contributed by atoms with van der Waals surface area (Å²) >= 11 is 5.90. The number of hydrogen-bond donors (Lipinski definition) is 0. The highest BCUT2D eigenvalue weighted by Crippen LogP contribution is 2.20. The Morgan fingerprint density at radius 2 is 1.74 bits per heavy atom. The third-order valence-corrected chi connectivity index (χ3v) is 6.09. The molecule has 1 aromatic carbocycles. The van der Waals surface area contributed by atoms with Crippen molar-refractivity contribution < 1.29 is 9.53 Å². The van der Waals surface area contributed by atoms with Crippen molar-refractivity contribution in [3.63, 3.8) is 0 Å². The van der Waals surface area contributed by atoms with Crippen molar-refractivity contribution in [1.82, 2.24) is 19.4 Å². The molecule has 2 aromatic heterocycles. The maximum Gasteiger partial charge on any atom is 0.162 e. The van der Waals surface area contributed by atoms with Gasteiger partial charge >= 0.3 is 0 Å². The van der Waals surface area contributed by atoms with Gasteiger partial charge < -0.3 is 14.2 Å². The maximum atomic E-state index is 11.9. The number of fused-ring (bicyclic) bond motifs is 1. The number of Topliss-reactive ketones (excluding diaryl/α,β-unsaturated/α-hetero) is 1. The number of hydrogen-bond acceptors (Lipinski definition) is 5. The smallest absolute Gasteiger partial charge is 0.162 e. The molecular formula is C24H29ClN4O2. The van der Waals surface area contributed by atoms with E-state index in [1.807, 2.05) is 42.6 Å². The first-order valence-corrected chi connectivity index (χ1v) is 11.3. The Bertz CT molecular complexity index is 1010.